The number of imide groups is 1. The van der Waals surface area contributed by atoms with Gasteiger partial charge in [0.25, 0.3) is 0 Å². The van der Waals surface area contributed by atoms with E-state index < -0.39 is 11.5 Å². The van der Waals surface area contributed by atoms with Crippen molar-refractivity contribution in [3.05, 3.63) is 138 Å². The number of hydrogen-bond acceptors (Lipinski definition) is 6. The van der Waals surface area contributed by atoms with E-state index in [0.717, 1.165) is 28.0 Å². The van der Waals surface area contributed by atoms with Crippen molar-refractivity contribution in [3.63, 3.8) is 0 Å². The SMILES string of the molecule is COc1ccc(CO/N=C2/CN[C@H](C(=O)NC(=O)C(Cc3ccccc3)(c3ccccc3)c3ccccc3)C2)cc1. The summed E-state index contributed by atoms with van der Waals surface area (Å²) in [5.74, 6) is 0.0159. The number of nitrogens with zero attached hydrogens (tertiary/aromatic N) is 1. The lowest BCUT2D eigenvalue weighted by atomic mass is 9.69. The van der Waals surface area contributed by atoms with E-state index in [-0.39, 0.29) is 11.8 Å². The van der Waals surface area contributed by atoms with Gasteiger partial charge >= 0.3 is 0 Å². The fraction of sp³-hybridized carbons (Fsp3) is 0.206. The molecule has 2 N–H and O–H groups in total. The molecule has 0 unspecified atom stereocenters. The second kappa shape index (κ2) is 13.1. The van der Waals surface area contributed by atoms with Crippen LogP contribution in [0.5, 0.6) is 5.75 Å². The summed E-state index contributed by atoms with van der Waals surface area (Å²) in [4.78, 5) is 33.2. The number of carbonyl (C=O) groups is 2. The molecular formula is C34H33N3O4. The third-order valence-electron chi connectivity index (χ3n) is 7.36. The van der Waals surface area contributed by atoms with Crippen molar-refractivity contribution in [2.24, 2.45) is 5.16 Å². The molecule has 41 heavy (non-hydrogen) atoms. The molecule has 7 nitrogen and oxygen atoms in total. The van der Waals surface area contributed by atoms with Crippen molar-refractivity contribution in [2.75, 3.05) is 13.7 Å². The largest absolute Gasteiger partial charge is 0.497 e. The van der Waals surface area contributed by atoms with Crippen LogP contribution in [0.1, 0.15) is 28.7 Å². The Kier molecular flexibility index (Phi) is 8.86. The van der Waals surface area contributed by atoms with Crippen LogP contribution in [0.3, 0.4) is 0 Å². The fourth-order valence-corrected chi connectivity index (χ4v) is 5.16. The van der Waals surface area contributed by atoms with E-state index >= 15 is 0 Å². The van der Waals surface area contributed by atoms with E-state index in [1.54, 1.807) is 7.11 Å². The second-order valence-electron chi connectivity index (χ2n) is 10.0. The zero-order chi connectivity index (χ0) is 28.5. The number of methoxy groups -OCH3 is 1. The molecule has 1 fully saturated rings. The Morgan fingerprint density at radius 2 is 1.41 bits per heavy atom. The van der Waals surface area contributed by atoms with Crippen LogP contribution >= 0.6 is 0 Å². The van der Waals surface area contributed by atoms with Gasteiger partial charge in [-0.25, -0.2) is 0 Å². The molecule has 1 atom stereocenters. The highest BCUT2D eigenvalue weighted by molar-refractivity contribution is 6.06. The maximum absolute atomic E-state index is 14.3. The Bertz CT molecular complexity index is 1430. The highest BCUT2D eigenvalue weighted by Crippen LogP contribution is 2.36. The molecule has 0 aliphatic carbocycles. The van der Waals surface area contributed by atoms with Crippen LogP contribution in [0.4, 0.5) is 0 Å². The zero-order valence-electron chi connectivity index (χ0n) is 23.0. The van der Waals surface area contributed by atoms with Crippen LogP contribution in [0.25, 0.3) is 0 Å². The number of oxime groups is 1. The minimum Gasteiger partial charge on any atom is -0.497 e. The average Bonchev–Trinajstić information content (AvgIpc) is 3.51. The molecule has 0 saturated carbocycles. The van der Waals surface area contributed by atoms with E-state index in [1.807, 2.05) is 115 Å². The van der Waals surface area contributed by atoms with Gasteiger partial charge in [0.05, 0.1) is 18.9 Å². The third-order valence-corrected chi connectivity index (χ3v) is 7.36. The van der Waals surface area contributed by atoms with Gasteiger partial charge in [-0.2, -0.15) is 0 Å². The van der Waals surface area contributed by atoms with Crippen LogP contribution in [0.15, 0.2) is 120 Å². The zero-order valence-corrected chi connectivity index (χ0v) is 23.0. The van der Waals surface area contributed by atoms with Gasteiger partial charge in [-0.1, -0.05) is 108 Å². The molecule has 208 valence electrons. The Morgan fingerprint density at radius 3 is 2.00 bits per heavy atom. The molecular weight excluding hydrogens is 514 g/mol. The standard InChI is InChI=1S/C34H33N3O4/c1-40-30-19-17-26(18-20-30)24-41-37-29-21-31(35-23-29)32(38)36-33(39)34(27-13-7-3-8-14-27,28-15-9-4-10-16-28)22-25-11-5-2-6-12-25/h2-20,31,35H,21-24H2,1H3,(H,36,38,39)/b37-29+/t31-/m0/s1. The Balaban J connectivity index is 1.33. The summed E-state index contributed by atoms with van der Waals surface area (Å²) >= 11 is 0. The van der Waals surface area contributed by atoms with Gasteiger partial charge in [-0.3, -0.25) is 14.9 Å². The first-order chi connectivity index (χ1) is 20.1. The normalized spacial score (nSPS) is 15.8. The minimum atomic E-state index is -1.11. The van der Waals surface area contributed by atoms with E-state index in [1.165, 1.54) is 0 Å². The number of carbonyl (C=O) groups excluding carboxylic acids is 2. The molecule has 0 radical (unpaired) electrons. The third kappa shape index (κ3) is 6.53. The average molecular weight is 548 g/mol. The van der Waals surface area contributed by atoms with Gasteiger partial charge in [0.1, 0.15) is 17.8 Å². The van der Waals surface area contributed by atoms with Gasteiger partial charge in [-0.05, 0) is 40.8 Å². The van der Waals surface area contributed by atoms with Gasteiger partial charge < -0.3 is 14.9 Å². The van der Waals surface area contributed by atoms with Crippen LogP contribution in [-0.2, 0) is 32.9 Å². The number of ether oxygens (including phenoxy) is 1. The van der Waals surface area contributed by atoms with E-state index in [4.69, 9.17) is 9.57 Å². The maximum Gasteiger partial charge on any atom is 0.244 e. The summed E-state index contributed by atoms with van der Waals surface area (Å²) < 4.78 is 5.18. The van der Waals surface area contributed by atoms with Crippen molar-refractivity contribution < 1.29 is 19.2 Å². The molecule has 2 amide bonds. The van der Waals surface area contributed by atoms with E-state index in [2.05, 4.69) is 15.8 Å². The summed E-state index contributed by atoms with van der Waals surface area (Å²) in [5.41, 5.74) is 3.18. The molecule has 1 aliphatic rings. The lowest BCUT2D eigenvalue weighted by Gasteiger charge is -2.34. The van der Waals surface area contributed by atoms with Crippen LogP contribution in [-0.4, -0.2) is 37.2 Å². The Morgan fingerprint density at radius 1 is 0.829 bits per heavy atom. The number of amides is 2. The number of nitrogens with one attached hydrogen (secondary N) is 2. The lowest BCUT2D eigenvalue weighted by molar-refractivity contribution is -0.133. The van der Waals surface area contributed by atoms with E-state index in [9.17, 15) is 9.59 Å². The van der Waals surface area contributed by atoms with Gasteiger partial charge in [0.2, 0.25) is 11.8 Å². The first-order valence-corrected chi connectivity index (χ1v) is 13.6. The van der Waals surface area contributed by atoms with Gasteiger partial charge in [0, 0.05) is 13.0 Å². The number of hydrogen-bond donors (Lipinski definition) is 2. The van der Waals surface area contributed by atoms with Crippen LogP contribution < -0.4 is 15.4 Å². The predicted octanol–water partition coefficient (Wildman–Crippen LogP) is 4.80. The summed E-state index contributed by atoms with van der Waals surface area (Å²) in [5, 5.41) is 10.1. The van der Waals surface area contributed by atoms with E-state index in [0.29, 0.717) is 31.7 Å². The Labute approximate surface area is 240 Å². The highest BCUT2D eigenvalue weighted by Gasteiger charge is 2.43. The first kappa shape index (κ1) is 27.8. The molecule has 0 spiro atoms. The van der Waals surface area contributed by atoms with Crippen LogP contribution in [0, 0.1) is 0 Å². The maximum atomic E-state index is 14.3. The molecule has 4 aromatic carbocycles. The summed E-state index contributed by atoms with van der Waals surface area (Å²) in [6.07, 6.45) is 0.745. The highest BCUT2D eigenvalue weighted by atomic mass is 16.6. The van der Waals surface area contributed by atoms with Crippen molar-refractivity contribution in [3.8, 4) is 5.75 Å². The molecule has 7 heteroatoms. The van der Waals surface area contributed by atoms with Crippen molar-refractivity contribution in [2.45, 2.75) is 30.9 Å². The smallest absolute Gasteiger partial charge is 0.244 e. The molecule has 1 saturated heterocycles. The number of benzene rings is 4. The van der Waals surface area contributed by atoms with Crippen molar-refractivity contribution >= 4 is 17.5 Å². The minimum absolute atomic E-state index is 0.305. The predicted molar refractivity (Wildman–Crippen MR) is 159 cm³/mol. The second-order valence-corrected chi connectivity index (χ2v) is 10.0. The summed E-state index contributed by atoms with van der Waals surface area (Å²) in [6, 6.07) is 36.1. The topological polar surface area (TPSA) is 89.0 Å². The molecule has 0 bridgehead atoms. The summed E-state index contributed by atoms with van der Waals surface area (Å²) in [7, 11) is 1.62. The molecule has 5 rings (SSSR count). The van der Waals surface area contributed by atoms with Gasteiger partial charge in [0.15, 0.2) is 0 Å². The Hall–Kier alpha value is -4.75. The molecule has 4 aromatic rings. The summed E-state index contributed by atoms with van der Waals surface area (Å²) in [6.45, 7) is 0.709. The van der Waals surface area contributed by atoms with Crippen molar-refractivity contribution in [1.82, 2.24) is 10.6 Å². The van der Waals surface area contributed by atoms with Crippen LogP contribution in [0.2, 0.25) is 0 Å². The monoisotopic (exact) mass is 547 g/mol. The quantitative estimate of drug-likeness (QED) is 0.279. The number of rotatable bonds is 10. The first-order valence-electron chi connectivity index (χ1n) is 13.6. The molecule has 0 aromatic heterocycles. The molecule has 1 aliphatic heterocycles. The van der Waals surface area contributed by atoms with Gasteiger partial charge in [-0.15, -0.1) is 0 Å². The molecule has 1 heterocycles. The van der Waals surface area contributed by atoms with Crippen molar-refractivity contribution in [1.29, 1.82) is 0 Å². The lowest BCUT2D eigenvalue weighted by Crippen LogP contribution is -2.52. The fourth-order valence-electron chi connectivity index (χ4n) is 5.16.